The van der Waals surface area contributed by atoms with Gasteiger partial charge in [-0.25, -0.2) is 0 Å². The smallest absolute Gasteiger partial charge is 0.127 e. The van der Waals surface area contributed by atoms with Crippen LogP contribution in [0.5, 0.6) is 5.75 Å². The number of ether oxygens (including phenoxy) is 1. The largest absolute Gasteiger partial charge is 0.493 e. The molecule has 0 amide bonds. The normalized spacial score (nSPS) is 15.5. The molecule has 1 aliphatic rings. The van der Waals surface area contributed by atoms with Gasteiger partial charge in [0.2, 0.25) is 0 Å². The van der Waals surface area contributed by atoms with Crippen molar-refractivity contribution in [2.45, 2.75) is 25.1 Å². The van der Waals surface area contributed by atoms with E-state index in [9.17, 15) is 0 Å². The van der Waals surface area contributed by atoms with Crippen LogP contribution in [0.15, 0.2) is 16.6 Å². The number of thioether (sulfide) groups is 1. The third-order valence-corrected chi connectivity index (χ3v) is 4.40. The minimum absolute atomic E-state index is 0.649. The zero-order valence-electron chi connectivity index (χ0n) is 10.3. The number of hydrogen-bond donors (Lipinski definition) is 1. The highest BCUT2D eigenvalue weighted by Crippen LogP contribution is 2.32. The highest BCUT2D eigenvalue weighted by molar-refractivity contribution is 9.10. The lowest BCUT2D eigenvalue weighted by Crippen LogP contribution is -2.22. The first-order valence-electron chi connectivity index (χ1n) is 5.88. The van der Waals surface area contributed by atoms with Gasteiger partial charge in [-0.05, 0) is 24.0 Å². The Morgan fingerprint density at radius 2 is 2.35 bits per heavy atom. The fourth-order valence-electron chi connectivity index (χ4n) is 1.97. The standard InChI is InChI=1S/C13H18BrNOS/c1-9(17-2)7-15-8-11-6-12(14)5-10-3-4-16-13(10)11/h5-6,9,15H,3-4,7-8H2,1-2H3. The SMILES string of the molecule is CSC(C)CNCc1cc(Br)cc2c1OCC2. The van der Waals surface area contributed by atoms with Gasteiger partial charge in [0.1, 0.15) is 5.75 Å². The van der Waals surface area contributed by atoms with E-state index in [1.807, 2.05) is 11.8 Å². The van der Waals surface area contributed by atoms with Crippen molar-refractivity contribution in [3.8, 4) is 5.75 Å². The topological polar surface area (TPSA) is 21.3 Å². The Kier molecular flexibility index (Phi) is 4.77. The van der Waals surface area contributed by atoms with Crippen LogP contribution in [-0.4, -0.2) is 24.7 Å². The molecule has 0 aromatic heterocycles. The van der Waals surface area contributed by atoms with E-state index in [2.05, 4.69) is 46.6 Å². The van der Waals surface area contributed by atoms with Crippen LogP contribution in [0.3, 0.4) is 0 Å². The van der Waals surface area contributed by atoms with Crippen LogP contribution in [0.4, 0.5) is 0 Å². The van der Waals surface area contributed by atoms with Gasteiger partial charge in [-0.2, -0.15) is 11.8 Å². The van der Waals surface area contributed by atoms with Gasteiger partial charge >= 0.3 is 0 Å². The lowest BCUT2D eigenvalue weighted by atomic mass is 10.1. The molecule has 1 aliphatic heterocycles. The number of fused-ring (bicyclic) bond motifs is 1. The average molecular weight is 316 g/mol. The molecule has 1 unspecified atom stereocenters. The van der Waals surface area contributed by atoms with Gasteiger partial charge in [0.25, 0.3) is 0 Å². The maximum absolute atomic E-state index is 5.70. The van der Waals surface area contributed by atoms with Crippen molar-refractivity contribution in [3.05, 3.63) is 27.7 Å². The van der Waals surface area contributed by atoms with Gasteiger partial charge in [-0.1, -0.05) is 22.9 Å². The van der Waals surface area contributed by atoms with Crippen molar-refractivity contribution >= 4 is 27.7 Å². The Morgan fingerprint density at radius 3 is 3.12 bits per heavy atom. The summed E-state index contributed by atoms with van der Waals surface area (Å²) in [6.45, 7) is 4.97. The molecule has 4 heteroatoms. The fraction of sp³-hybridized carbons (Fsp3) is 0.538. The first-order valence-corrected chi connectivity index (χ1v) is 7.96. The van der Waals surface area contributed by atoms with E-state index in [4.69, 9.17) is 4.74 Å². The van der Waals surface area contributed by atoms with Crippen LogP contribution in [0.2, 0.25) is 0 Å². The first kappa shape index (κ1) is 13.2. The Hall–Kier alpha value is -0.190. The molecule has 94 valence electrons. The molecule has 1 aromatic rings. The molecule has 0 bridgehead atoms. The quantitative estimate of drug-likeness (QED) is 0.901. The van der Waals surface area contributed by atoms with E-state index in [1.54, 1.807) is 0 Å². The molecule has 2 nitrogen and oxygen atoms in total. The van der Waals surface area contributed by atoms with E-state index < -0.39 is 0 Å². The Labute approximate surface area is 116 Å². The second-order valence-electron chi connectivity index (χ2n) is 4.33. The maximum atomic E-state index is 5.70. The number of nitrogens with one attached hydrogen (secondary N) is 1. The van der Waals surface area contributed by atoms with Gasteiger partial charge in [0, 0.05) is 34.8 Å². The number of halogens is 1. The number of rotatable bonds is 5. The molecule has 0 saturated carbocycles. The molecule has 0 spiro atoms. The molecule has 1 N–H and O–H groups in total. The first-order chi connectivity index (χ1) is 8.20. The lowest BCUT2D eigenvalue weighted by molar-refractivity contribution is 0.352. The van der Waals surface area contributed by atoms with Crippen molar-refractivity contribution in [1.82, 2.24) is 5.32 Å². The molecule has 1 heterocycles. The summed E-state index contributed by atoms with van der Waals surface area (Å²) in [7, 11) is 0. The molecule has 0 fully saturated rings. The second kappa shape index (κ2) is 6.12. The summed E-state index contributed by atoms with van der Waals surface area (Å²) < 4.78 is 6.85. The zero-order chi connectivity index (χ0) is 12.3. The number of benzene rings is 1. The highest BCUT2D eigenvalue weighted by atomic mass is 79.9. The van der Waals surface area contributed by atoms with Gasteiger partial charge in [0.15, 0.2) is 0 Å². The van der Waals surface area contributed by atoms with E-state index in [1.165, 1.54) is 11.1 Å². The molecular formula is C13H18BrNOS. The van der Waals surface area contributed by atoms with Crippen molar-refractivity contribution < 1.29 is 4.74 Å². The van der Waals surface area contributed by atoms with Crippen LogP contribution < -0.4 is 10.1 Å². The van der Waals surface area contributed by atoms with E-state index >= 15 is 0 Å². The predicted molar refractivity (Wildman–Crippen MR) is 78.0 cm³/mol. The summed E-state index contributed by atoms with van der Waals surface area (Å²) in [5.74, 6) is 1.09. The van der Waals surface area contributed by atoms with Gasteiger partial charge in [-0.15, -0.1) is 0 Å². The Bertz CT molecular complexity index is 397. The van der Waals surface area contributed by atoms with Crippen LogP contribution in [0.1, 0.15) is 18.1 Å². The zero-order valence-corrected chi connectivity index (χ0v) is 12.7. The van der Waals surface area contributed by atoms with Crippen molar-refractivity contribution in [2.75, 3.05) is 19.4 Å². The molecule has 1 aromatic carbocycles. The monoisotopic (exact) mass is 315 g/mol. The third-order valence-electron chi connectivity index (χ3n) is 2.97. The van der Waals surface area contributed by atoms with Crippen LogP contribution in [-0.2, 0) is 13.0 Å². The van der Waals surface area contributed by atoms with Crippen molar-refractivity contribution in [1.29, 1.82) is 0 Å². The highest BCUT2D eigenvalue weighted by Gasteiger charge is 2.17. The van der Waals surface area contributed by atoms with Crippen molar-refractivity contribution in [2.24, 2.45) is 0 Å². The summed E-state index contributed by atoms with van der Waals surface area (Å²) in [6, 6.07) is 4.32. The van der Waals surface area contributed by atoms with Gasteiger partial charge in [0.05, 0.1) is 6.61 Å². The summed E-state index contributed by atoms with van der Waals surface area (Å²) in [4.78, 5) is 0. The van der Waals surface area contributed by atoms with Gasteiger partial charge < -0.3 is 10.1 Å². The van der Waals surface area contributed by atoms with Crippen LogP contribution in [0.25, 0.3) is 0 Å². The Morgan fingerprint density at radius 1 is 1.53 bits per heavy atom. The predicted octanol–water partition coefficient (Wildman–Crippen LogP) is 3.23. The third kappa shape index (κ3) is 3.39. The van der Waals surface area contributed by atoms with Gasteiger partial charge in [-0.3, -0.25) is 0 Å². The molecule has 17 heavy (non-hydrogen) atoms. The molecule has 0 aliphatic carbocycles. The Balaban J connectivity index is 2.01. The van der Waals surface area contributed by atoms with E-state index in [0.29, 0.717) is 5.25 Å². The van der Waals surface area contributed by atoms with Crippen molar-refractivity contribution in [3.63, 3.8) is 0 Å². The number of hydrogen-bond acceptors (Lipinski definition) is 3. The molecular weight excluding hydrogens is 298 g/mol. The minimum atomic E-state index is 0.649. The summed E-state index contributed by atoms with van der Waals surface area (Å²) in [6.07, 6.45) is 3.18. The van der Waals surface area contributed by atoms with E-state index in [-0.39, 0.29) is 0 Å². The fourth-order valence-corrected chi connectivity index (χ4v) is 2.81. The van der Waals surface area contributed by atoms with Crippen LogP contribution in [0, 0.1) is 0 Å². The lowest BCUT2D eigenvalue weighted by Gasteiger charge is -2.12. The molecule has 0 radical (unpaired) electrons. The molecule has 1 atom stereocenters. The average Bonchev–Trinajstić information content (AvgIpc) is 2.76. The summed E-state index contributed by atoms with van der Waals surface area (Å²) >= 11 is 5.45. The molecule has 2 rings (SSSR count). The minimum Gasteiger partial charge on any atom is -0.493 e. The molecule has 0 saturated heterocycles. The second-order valence-corrected chi connectivity index (χ2v) is 6.52. The summed E-state index contributed by atoms with van der Waals surface area (Å²) in [5.41, 5.74) is 2.59. The van der Waals surface area contributed by atoms with Crippen LogP contribution >= 0.6 is 27.7 Å². The van der Waals surface area contributed by atoms with E-state index in [0.717, 1.165) is 36.3 Å². The summed E-state index contributed by atoms with van der Waals surface area (Å²) in [5, 5.41) is 4.14. The maximum Gasteiger partial charge on any atom is 0.127 e.